The van der Waals surface area contributed by atoms with Gasteiger partial charge in [0.15, 0.2) is 0 Å². The molecule has 2 saturated heterocycles. The second kappa shape index (κ2) is 7.90. The number of benzene rings is 1. The molecule has 2 heterocycles. The molecule has 0 radical (unpaired) electrons. The molecule has 2 unspecified atom stereocenters. The Labute approximate surface area is 138 Å². The zero-order valence-electron chi connectivity index (χ0n) is 13.6. The molecule has 5 heteroatoms. The summed E-state index contributed by atoms with van der Waals surface area (Å²) in [5.41, 5.74) is 7.47. The number of carbonyl (C=O) groups excluding carboxylic acids is 1. The van der Waals surface area contributed by atoms with Crippen molar-refractivity contribution in [3.63, 3.8) is 0 Å². The van der Waals surface area contributed by atoms with E-state index in [0.29, 0.717) is 0 Å². The minimum absolute atomic E-state index is 0.00320. The molecule has 126 valence electrons. The summed E-state index contributed by atoms with van der Waals surface area (Å²) in [4.78, 5) is 14.8. The summed E-state index contributed by atoms with van der Waals surface area (Å²) in [6.07, 6.45) is 2.78. The molecule has 5 nitrogen and oxygen atoms in total. The van der Waals surface area contributed by atoms with Gasteiger partial charge in [0.1, 0.15) is 0 Å². The van der Waals surface area contributed by atoms with Crippen molar-refractivity contribution in [2.45, 2.75) is 37.9 Å². The van der Waals surface area contributed by atoms with Gasteiger partial charge in [0, 0.05) is 38.9 Å². The van der Waals surface area contributed by atoms with E-state index in [2.05, 4.69) is 34.5 Å². The Morgan fingerprint density at radius 1 is 1.26 bits per heavy atom. The summed E-state index contributed by atoms with van der Waals surface area (Å²) in [5, 5.41) is 3.15. The first kappa shape index (κ1) is 16.4. The van der Waals surface area contributed by atoms with Crippen LogP contribution in [-0.4, -0.2) is 49.2 Å². The van der Waals surface area contributed by atoms with Crippen LogP contribution in [0.15, 0.2) is 30.3 Å². The predicted molar refractivity (Wildman–Crippen MR) is 89.8 cm³/mol. The predicted octanol–water partition coefficient (Wildman–Crippen LogP) is 1.13. The zero-order valence-corrected chi connectivity index (χ0v) is 13.6. The molecule has 2 fully saturated rings. The molecule has 0 aliphatic carbocycles. The highest BCUT2D eigenvalue weighted by Crippen LogP contribution is 2.19. The standard InChI is InChI=1S/C18H27N3O2/c19-17(15-7-10-23-11-8-15)18(22)20-16-6-9-21(13-16)12-14-4-2-1-3-5-14/h1-5,15-17H,6-13,19H2,(H,20,22). The van der Waals surface area contributed by atoms with Crippen LogP contribution in [-0.2, 0) is 16.1 Å². The highest BCUT2D eigenvalue weighted by atomic mass is 16.5. The smallest absolute Gasteiger partial charge is 0.237 e. The van der Waals surface area contributed by atoms with E-state index < -0.39 is 6.04 Å². The van der Waals surface area contributed by atoms with Crippen LogP contribution < -0.4 is 11.1 Å². The largest absolute Gasteiger partial charge is 0.381 e. The zero-order chi connectivity index (χ0) is 16.1. The topological polar surface area (TPSA) is 67.6 Å². The molecule has 23 heavy (non-hydrogen) atoms. The lowest BCUT2D eigenvalue weighted by atomic mass is 9.91. The Balaban J connectivity index is 1.44. The first-order valence-electron chi connectivity index (χ1n) is 8.62. The average molecular weight is 317 g/mol. The van der Waals surface area contributed by atoms with Crippen LogP contribution in [0.25, 0.3) is 0 Å². The van der Waals surface area contributed by atoms with E-state index in [0.717, 1.165) is 52.1 Å². The number of rotatable bonds is 5. The van der Waals surface area contributed by atoms with Gasteiger partial charge in [0.2, 0.25) is 5.91 Å². The van der Waals surface area contributed by atoms with E-state index in [1.165, 1.54) is 5.56 Å². The van der Waals surface area contributed by atoms with E-state index in [1.807, 2.05) is 6.07 Å². The minimum Gasteiger partial charge on any atom is -0.381 e. The average Bonchev–Trinajstić information content (AvgIpc) is 3.02. The molecule has 0 saturated carbocycles. The number of nitrogens with one attached hydrogen (secondary N) is 1. The molecular weight excluding hydrogens is 290 g/mol. The van der Waals surface area contributed by atoms with Crippen LogP contribution in [0.1, 0.15) is 24.8 Å². The molecule has 1 aromatic rings. The van der Waals surface area contributed by atoms with Crippen LogP contribution in [0, 0.1) is 5.92 Å². The van der Waals surface area contributed by atoms with Gasteiger partial charge in [-0.25, -0.2) is 0 Å². The number of ether oxygens (including phenoxy) is 1. The maximum absolute atomic E-state index is 12.4. The van der Waals surface area contributed by atoms with E-state index in [9.17, 15) is 4.79 Å². The minimum atomic E-state index is -0.401. The molecule has 3 N–H and O–H groups in total. The van der Waals surface area contributed by atoms with E-state index >= 15 is 0 Å². The van der Waals surface area contributed by atoms with Crippen molar-refractivity contribution < 1.29 is 9.53 Å². The Hall–Kier alpha value is -1.43. The molecule has 3 rings (SSSR count). The monoisotopic (exact) mass is 317 g/mol. The number of amides is 1. The lowest BCUT2D eigenvalue weighted by Gasteiger charge is -2.27. The lowest BCUT2D eigenvalue weighted by Crippen LogP contribution is -2.50. The Morgan fingerprint density at radius 3 is 2.74 bits per heavy atom. The first-order chi connectivity index (χ1) is 11.2. The van der Waals surface area contributed by atoms with Crippen LogP contribution in [0.4, 0.5) is 0 Å². The van der Waals surface area contributed by atoms with Crippen LogP contribution in [0.2, 0.25) is 0 Å². The van der Waals surface area contributed by atoms with Gasteiger partial charge in [0.05, 0.1) is 6.04 Å². The van der Waals surface area contributed by atoms with E-state index in [1.54, 1.807) is 0 Å². The first-order valence-corrected chi connectivity index (χ1v) is 8.62. The fourth-order valence-corrected chi connectivity index (χ4v) is 3.52. The third-order valence-electron chi connectivity index (χ3n) is 4.94. The van der Waals surface area contributed by atoms with Gasteiger partial charge >= 0.3 is 0 Å². The van der Waals surface area contributed by atoms with E-state index in [4.69, 9.17) is 10.5 Å². The number of hydrogen-bond acceptors (Lipinski definition) is 4. The molecule has 0 bridgehead atoms. The van der Waals surface area contributed by atoms with Crippen molar-refractivity contribution >= 4 is 5.91 Å². The van der Waals surface area contributed by atoms with Crippen LogP contribution >= 0.6 is 0 Å². The molecule has 1 aromatic carbocycles. The summed E-state index contributed by atoms with van der Waals surface area (Å²) in [6, 6.07) is 10.3. The van der Waals surface area contributed by atoms with Gasteiger partial charge in [-0.05, 0) is 30.7 Å². The van der Waals surface area contributed by atoms with Crippen LogP contribution in [0.5, 0.6) is 0 Å². The number of carbonyl (C=O) groups is 1. The van der Waals surface area contributed by atoms with Crippen molar-refractivity contribution in [3.05, 3.63) is 35.9 Å². The normalized spacial score (nSPS) is 24.5. The summed E-state index contributed by atoms with van der Waals surface area (Å²) in [5.74, 6) is 0.258. The summed E-state index contributed by atoms with van der Waals surface area (Å²) in [6.45, 7) is 4.31. The molecule has 1 amide bonds. The maximum Gasteiger partial charge on any atom is 0.237 e. The van der Waals surface area contributed by atoms with Crippen molar-refractivity contribution in [2.24, 2.45) is 11.7 Å². The van der Waals surface area contributed by atoms with Gasteiger partial charge in [-0.3, -0.25) is 9.69 Å². The molecule has 2 atom stereocenters. The number of hydrogen-bond donors (Lipinski definition) is 2. The fraction of sp³-hybridized carbons (Fsp3) is 0.611. The van der Waals surface area contributed by atoms with Gasteiger partial charge in [-0.2, -0.15) is 0 Å². The lowest BCUT2D eigenvalue weighted by molar-refractivity contribution is -0.125. The number of nitrogens with two attached hydrogens (primary N) is 1. The van der Waals surface area contributed by atoms with Gasteiger partial charge in [0.25, 0.3) is 0 Å². The fourth-order valence-electron chi connectivity index (χ4n) is 3.52. The quantitative estimate of drug-likeness (QED) is 0.854. The summed E-state index contributed by atoms with van der Waals surface area (Å²) in [7, 11) is 0. The molecule has 0 aromatic heterocycles. The molecular formula is C18H27N3O2. The molecule has 2 aliphatic heterocycles. The van der Waals surface area contributed by atoms with Crippen molar-refractivity contribution in [3.8, 4) is 0 Å². The SMILES string of the molecule is NC(C(=O)NC1CCN(Cc2ccccc2)C1)C1CCOCC1. The van der Waals surface area contributed by atoms with Gasteiger partial charge < -0.3 is 15.8 Å². The second-order valence-corrected chi connectivity index (χ2v) is 6.69. The Kier molecular flexibility index (Phi) is 5.65. The second-order valence-electron chi connectivity index (χ2n) is 6.69. The van der Waals surface area contributed by atoms with Crippen molar-refractivity contribution in [1.29, 1.82) is 0 Å². The Morgan fingerprint density at radius 2 is 2.00 bits per heavy atom. The van der Waals surface area contributed by atoms with Crippen LogP contribution in [0.3, 0.4) is 0 Å². The molecule has 2 aliphatic rings. The number of likely N-dealkylation sites (tertiary alicyclic amines) is 1. The number of nitrogens with zero attached hydrogens (tertiary/aromatic N) is 1. The van der Waals surface area contributed by atoms with Crippen molar-refractivity contribution in [2.75, 3.05) is 26.3 Å². The van der Waals surface area contributed by atoms with Gasteiger partial charge in [-0.1, -0.05) is 30.3 Å². The third kappa shape index (κ3) is 4.53. The molecule has 0 spiro atoms. The van der Waals surface area contributed by atoms with Crippen molar-refractivity contribution in [1.82, 2.24) is 10.2 Å². The highest BCUT2D eigenvalue weighted by molar-refractivity contribution is 5.82. The maximum atomic E-state index is 12.4. The highest BCUT2D eigenvalue weighted by Gasteiger charge is 2.30. The van der Waals surface area contributed by atoms with E-state index in [-0.39, 0.29) is 17.9 Å². The third-order valence-corrected chi connectivity index (χ3v) is 4.94. The summed E-state index contributed by atoms with van der Waals surface area (Å²) >= 11 is 0. The van der Waals surface area contributed by atoms with Gasteiger partial charge in [-0.15, -0.1) is 0 Å². The Bertz CT molecular complexity index is 502. The summed E-state index contributed by atoms with van der Waals surface area (Å²) < 4.78 is 5.34.